The summed E-state index contributed by atoms with van der Waals surface area (Å²) in [6.07, 6.45) is 3.19. The molecule has 0 rings (SSSR count). The average molecular weight is 267 g/mol. The Hall–Kier alpha value is -0.590. The van der Waals surface area contributed by atoms with Crippen molar-refractivity contribution in [2.45, 2.75) is 78.4 Å². The second-order valence-corrected chi connectivity index (χ2v) is 6.81. The van der Waals surface area contributed by atoms with Gasteiger partial charge < -0.3 is 4.90 Å². The van der Waals surface area contributed by atoms with Crippen molar-refractivity contribution >= 4 is 0 Å². The van der Waals surface area contributed by atoms with Crippen LogP contribution in [0.5, 0.6) is 0 Å². The standard InChI is InChI=1S/C16H33N3/c1-13(2)11-15(5)19(7)10-8-9-16(6,12-17)18-14(3)4/h13-15,18H,8-11H2,1-7H3. The van der Waals surface area contributed by atoms with E-state index in [0.29, 0.717) is 12.1 Å². The van der Waals surface area contributed by atoms with E-state index in [2.05, 4.69) is 58.0 Å². The van der Waals surface area contributed by atoms with Crippen molar-refractivity contribution in [3.63, 3.8) is 0 Å². The maximum Gasteiger partial charge on any atom is 0.104 e. The van der Waals surface area contributed by atoms with Gasteiger partial charge in [-0.25, -0.2) is 0 Å². The molecule has 0 aliphatic carbocycles. The zero-order chi connectivity index (χ0) is 15.1. The van der Waals surface area contributed by atoms with E-state index < -0.39 is 5.54 Å². The van der Waals surface area contributed by atoms with Gasteiger partial charge in [-0.1, -0.05) is 13.8 Å². The van der Waals surface area contributed by atoms with E-state index in [1.54, 1.807) is 0 Å². The van der Waals surface area contributed by atoms with E-state index in [1.165, 1.54) is 6.42 Å². The Bertz CT molecular complexity index is 280. The van der Waals surface area contributed by atoms with Crippen molar-refractivity contribution in [3.05, 3.63) is 0 Å². The summed E-state index contributed by atoms with van der Waals surface area (Å²) in [6.45, 7) is 14.1. The molecule has 3 heteroatoms. The van der Waals surface area contributed by atoms with Crippen LogP contribution in [0.15, 0.2) is 0 Å². The fraction of sp³-hybridized carbons (Fsp3) is 0.938. The highest BCUT2D eigenvalue weighted by Crippen LogP contribution is 2.15. The summed E-state index contributed by atoms with van der Waals surface area (Å²) in [6, 6.07) is 3.38. The van der Waals surface area contributed by atoms with Crippen LogP contribution in [0.2, 0.25) is 0 Å². The smallest absolute Gasteiger partial charge is 0.104 e. The van der Waals surface area contributed by atoms with E-state index in [9.17, 15) is 5.26 Å². The summed E-state index contributed by atoms with van der Waals surface area (Å²) in [4.78, 5) is 2.41. The van der Waals surface area contributed by atoms with Gasteiger partial charge in [0.1, 0.15) is 5.54 Å². The van der Waals surface area contributed by atoms with Gasteiger partial charge in [-0.05, 0) is 66.5 Å². The first kappa shape index (κ1) is 18.4. The van der Waals surface area contributed by atoms with Crippen molar-refractivity contribution < 1.29 is 0 Å². The Morgan fingerprint density at radius 2 is 1.79 bits per heavy atom. The first-order valence-corrected chi connectivity index (χ1v) is 7.59. The summed E-state index contributed by atoms with van der Waals surface area (Å²) in [5.74, 6) is 0.740. The fourth-order valence-electron chi connectivity index (χ4n) is 2.56. The zero-order valence-electron chi connectivity index (χ0n) is 14.0. The summed E-state index contributed by atoms with van der Waals surface area (Å²) < 4.78 is 0. The number of hydrogen-bond donors (Lipinski definition) is 1. The minimum atomic E-state index is -0.393. The van der Waals surface area contributed by atoms with E-state index in [1.807, 2.05) is 6.92 Å². The molecule has 2 atom stereocenters. The quantitative estimate of drug-likeness (QED) is 0.696. The number of nitriles is 1. The molecule has 19 heavy (non-hydrogen) atoms. The van der Waals surface area contributed by atoms with Crippen LogP contribution >= 0.6 is 0 Å². The normalized spacial score (nSPS) is 16.7. The highest BCUT2D eigenvalue weighted by Gasteiger charge is 2.24. The van der Waals surface area contributed by atoms with E-state index in [0.717, 1.165) is 25.3 Å². The zero-order valence-corrected chi connectivity index (χ0v) is 14.0. The van der Waals surface area contributed by atoms with Gasteiger partial charge in [0.2, 0.25) is 0 Å². The molecule has 0 aromatic carbocycles. The first-order valence-electron chi connectivity index (χ1n) is 7.59. The van der Waals surface area contributed by atoms with Crippen molar-refractivity contribution in [2.75, 3.05) is 13.6 Å². The Morgan fingerprint density at radius 1 is 1.21 bits per heavy atom. The molecule has 0 radical (unpaired) electrons. The van der Waals surface area contributed by atoms with Crippen LogP contribution in [0.1, 0.15) is 60.8 Å². The molecule has 1 N–H and O–H groups in total. The molecular weight excluding hydrogens is 234 g/mol. The molecule has 3 nitrogen and oxygen atoms in total. The van der Waals surface area contributed by atoms with Gasteiger partial charge in [0.25, 0.3) is 0 Å². The molecule has 0 saturated heterocycles. The predicted octanol–water partition coefficient (Wildman–Crippen LogP) is 3.41. The third-order valence-electron chi connectivity index (χ3n) is 3.61. The minimum absolute atomic E-state index is 0.349. The van der Waals surface area contributed by atoms with Gasteiger partial charge in [0.15, 0.2) is 0 Å². The molecular formula is C16H33N3. The van der Waals surface area contributed by atoms with E-state index in [-0.39, 0.29) is 0 Å². The van der Waals surface area contributed by atoms with Crippen LogP contribution in [0.4, 0.5) is 0 Å². The Kier molecular flexibility index (Phi) is 8.29. The van der Waals surface area contributed by atoms with Crippen LogP contribution in [0, 0.1) is 17.2 Å². The predicted molar refractivity (Wildman–Crippen MR) is 83.1 cm³/mol. The summed E-state index contributed by atoms with van der Waals surface area (Å²) in [5, 5.41) is 12.7. The van der Waals surface area contributed by atoms with Gasteiger partial charge in [0.05, 0.1) is 6.07 Å². The molecule has 0 fully saturated rings. The minimum Gasteiger partial charge on any atom is -0.304 e. The summed E-state index contributed by atoms with van der Waals surface area (Å²) in [7, 11) is 2.19. The maximum atomic E-state index is 9.30. The molecule has 0 bridgehead atoms. The third-order valence-corrected chi connectivity index (χ3v) is 3.61. The SMILES string of the molecule is CC(C)CC(C)N(C)CCCC(C)(C#N)NC(C)C. The average Bonchev–Trinajstić information content (AvgIpc) is 2.26. The van der Waals surface area contributed by atoms with Crippen molar-refractivity contribution in [1.29, 1.82) is 5.26 Å². The fourth-order valence-corrected chi connectivity index (χ4v) is 2.56. The topological polar surface area (TPSA) is 39.1 Å². The lowest BCUT2D eigenvalue weighted by atomic mass is 9.96. The van der Waals surface area contributed by atoms with Crippen molar-refractivity contribution in [3.8, 4) is 6.07 Å². The summed E-state index contributed by atoms with van der Waals surface area (Å²) >= 11 is 0. The second kappa shape index (κ2) is 8.55. The van der Waals surface area contributed by atoms with Crippen LogP contribution < -0.4 is 5.32 Å². The lowest BCUT2D eigenvalue weighted by Crippen LogP contribution is -2.45. The molecule has 0 aromatic heterocycles. The third kappa shape index (κ3) is 8.23. The first-order chi connectivity index (χ1) is 8.70. The number of rotatable bonds is 9. The van der Waals surface area contributed by atoms with Crippen LogP contribution in [0.25, 0.3) is 0 Å². The molecule has 0 amide bonds. The van der Waals surface area contributed by atoms with Gasteiger partial charge in [-0.3, -0.25) is 5.32 Å². The second-order valence-electron chi connectivity index (χ2n) is 6.81. The lowest BCUT2D eigenvalue weighted by molar-refractivity contribution is 0.217. The Labute approximate surface area is 120 Å². The van der Waals surface area contributed by atoms with E-state index >= 15 is 0 Å². The molecule has 112 valence electrons. The molecule has 0 spiro atoms. The highest BCUT2D eigenvalue weighted by atomic mass is 15.1. The molecule has 0 aliphatic rings. The molecule has 0 heterocycles. The number of hydrogen-bond acceptors (Lipinski definition) is 3. The molecule has 2 unspecified atom stereocenters. The monoisotopic (exact) mass is 267 g/mol. The van der Waals surface area contributed by atoms with Gasteiger partial charge in [-0.2, -0.15) is 5.26 Å². The van der Waals surface area contributed by atoms with E-state index in [4.69, 9.17) is 0 Å². The van der Waals surface area contributed by atoms with Crippen LogP contribution in [0.3, 0.4) is 0 Å². The molecule has 0 aliphatic heterocycles. The lowest BCUT2D eigenvalue weighted by Gasteiger charge is -2.29. The van der Waals surface area contributed by atoms with Gasteiger partial charge in [0, 0.05) is 12.1 Å². The maximum absolute atomic E-state index is 9.30. The van der Waals surface area contributed by atoms with Crippen molar-refractivity contribution in [1.82, 2.24) is 10.2 Å². The molecule has 0 aromatic rings. The highest BCUT2D eigenvalue weighted by molar-refractivity contribution is 5.04. The van der Waals surface area contributed by atoms with Gasteiger partial charge in [-0.15, -0.1) is 0 Å². The summed E-state index contributed by atoms with van der Waals surface area (Å²) in [5.41, 5.74) is -0.393. The van der Waals surface area contributed by atoms with Crippen LogP contribution in [-0.2, 0) is 0 Å². The number of nitrogens with one attached hydrogen (secondary N) is 1. The Balaban J connectivity index is 4.10. The van der Waals surface area contributed by atoms with Crippen LogP contribution in [-0.4, -0.2) is 36.1 Å². The number of nitrogens with zero attached hydrogens (tertiary/aromatic N) is 2. The van der Waals surface area contributed by atoms with Crippen molar-refractivity contribution in [2.24, 2.45) is 5.92 Å². The largest absolute Gasteiger partial charge is 0.304 e. The van der Waals surface area contributed by atoms with Gasteiger partial charge >= 0.3 is 0 Å². The Morgan fingerprint density at radius 3 is 2.21 bits per heavy atom. The molecule has 0 saturated carbocycles.